The molecule has 0 spiro atoms. The number of rotatable bonds is 7. The van der Waals surface area contributed by atoms with E-state index in [0.29, 0.717) is 23.3 Å². The van der Waals surface area contributed by atoms with Gasteiger partial charge < -0.3 is 9.73 Å². The number of benzene rings is 1. The number of aromatic nitrogens is 3. The van der Waals surface area contributed by atoms with Crippen molar-refractivity contribution in [2.45, 2.75) is 32.5 Å². The Labute approximate surface area is 162 Å². The highest BCUT2D eigenvalue weighted by Gasteiger charge is 2.17. The smallest absolute Gasteiger partial charge is 0.234 e. The van der Waals surface area contributed by atoms with Crippen molar-refractivity contribution in [1.29, 1.82) is 0 Å². The zero-order chi connectivity index (χ0) is 19.4. The summed E-state index contributed by atoms with van der Waals surface area (Å²) in [6.45, 7) is 10.4. The van der Waals surface area contributed by atoms with Gasteiger partial charge in [-0.05, 0) is 44.0 Å². The zero-order valence-corrected chi connectivity index (χ0v) is 16.5. The number of anilines is 1. The first kappa shape index (κ1) is 19.0. The Morgan fingerprint density at radius 2 is 2.04 bits per heavy atom. The van der Waals surface area contributed by atoms with Gasteiger partial charge in [0.05, 0.1) is 12.0 Å². The van der Waals surface area contributed by atoms with Crippen molar-refractivity contribution in [2.75, 3.05) is 11.1 Å². The van der Waals surface area contributed by atoms with E-state index in [2.05, 4.69) is 34.2 Å². The van der Waals surface area contributed by atoms with Crippen LogP contribution in [0, 0.1) is 20.8 Å². The number of nitrogens with zero attached hydrogens (tertiary/aromatic N) is 3. The van der Waals surface area contributed by atoms with Gasteiger partial charge in [-0.1, -0.05) is 35.5 Å². The Bertz CT molecular complexity index is 938. The average molecular weight is 382 g/mol. The Hall–Kier alpha value is -2.80. The molecule has 140 valence electrons. The first-order valence-electron chi connectivity index (χ1n) is 8.58. The molecule has 0 fully saturated rings. The Morgan fingerprint density at radius 1 is 1.30 bits per heavy atom. The quantitative estimate of drug-likeness (QED) is 0.485. The Morgan fingerprint density at radius 3 is 2.67 bits per heavy atom. The monoisotopic (exact) mass is 382 g/mol. The number of nitrogens with one attached hydrogen (secondary N) is 1. The molecule has 2 heterocycles. The number of thioether (sulfide) groups is 1. The molecule has 1 amide bonds. The largest absolute Gasteiger partial charge is 0.461 e. The summed E-state index contributed by atoms with van der Waals surface area (Å²) in [4.78, 5) is 12.5. The molecule has 2 aromatic heterocycles. The molecule has 0 atom stereocenters. The minimum absolute atomic E-state index is 0.0808. The van der Waals surface area contributed by atoms with E-state index in [-0.39, 0.29) is 11.7 Å². The summed E-state index contributed by atoms with van der Waals surface area (Å²) in [5, 5.41) is 12.1. The predicted molar refractivity (Wildman–Crippen MR) is 108 cm³/mol. The molecule has 0 saturated heterocycles. The summed E-state index contributed by atoms with van der Waals surface area (Å²) in [5.41, 5.74) is 4.16. The van der Waals surface area contributed by atoms with Crippen LogP contribution in [0.1, 0.15) is 16.7 Å². The molecule has 0 unspecified atom stereocenters. The van der Waals surface area contributed by atoms with Crippen molar-refractivity contribution < 1.29 is 9.21 Å². The summed E-state index contributed by atoms with van der Waals surface area (Å²) in [5.74, 6) is 1.41. The minimum Gasteiger partial charge on any atom is -0.461 e. The minimum atomic E-state index is -0.0808. The number of allylic oxidation sites excluding steroid dienone is 1. The van der Waals surface area contributed by atoms with Crippen LogP contribution in [0.5, 0.6) is 0 Å². The van der Waals surface area contributed by atoms with E-state index in [0.717, 1.165) is 16.8 Å². The molecule has 0 aliphatic carbocycles. The predicted octanol–water partition coefficient (Wildman–Crippen LogP) is 4.38. The molecule has 0 radical (unpaired) electrons. The van der Waals surface area contributed by atoms with Crippen LogP contribution in [0.25, 0.3) is 11.6 Å². The molecule has 0 bridgehead atoms. The first-order chi connectivity index (χ1) is 13.0. The maximum atomic E-state index is 12.5. The van der Waals surface area contributed by atoms with Crippen molar-refractivity contribution >= 4 is 23.4 Å². The van der Waals surface area contributed by atoms with Crippen molar-refractivity contribution in [3.05, 3.63) is 59.9 Å². The van der Waals surface area contributed by atoms with Crippen LogP contribution in [-0.4, -0.2) is 26.4 Å². The van der Waals surface area contributed by atoms with E-state index in [1.165, 1.54) is 17.3 Å². The van der Waals surface area contributed by atoms with E-state index >= 15 is 0 Å². The molecule has 0 aliphatic heterocycles. The van der Waals surface area contributed by atoms with E-state index in [9.17, 15) is 4.79 Å². The maximum absolute atomic E-state index is 12.5. The van der Waals surface area contributed by atoms with Gasteiger partial charge in [0.2, 0.25) is 11.7 Å². The van der Waals surface area contributed by atoms with Crippen LogP contribution in [-0.2, 0) is 11.3 Å². The van der Waals surface area contributed by atoms with Gasteiger partial charge in [-0.15, -0.1) is 16.8 Å². The number of hydrogen-bond donors (Lipinski definition) is 1. The summed E-state index contributed by atoms with van der Waals surface area (Å²) in [7, 11) is 0. The lowest BCUT2D eigenvalue weighted by Crippen LogP contribution is -2.16. The number of carbonyl (C=O) groups excluding carboxylic acids is 1. The molecule has 1 aromatic carbocycles. The van der Waals surface area contributed by atoms with Gasteiger partial charge in [0.25, 0.3) is 0 Å². The topological polar surface area (TPSA) is 73.0 Å². The lowest BCUT2D eigenvalue weighted by atomic mass is 10.1. The second-order valence-corrected chi connectivity index (χ2v) is 7.24. The van der Waals surface area contributed by atoms with E-state index in [4.69, 9.17) is 4.42 Å². The number of furan rings is 1. The third-order valence-electron chi connectivity index (χ3n) is 4.04. The van der Waals surface area contributed by atoms with Crippen molar-refractivity contribution in [2.24, 2.45) is 0 Å². The van der Waals surface area contributed by atoms with Crippen molar-refractivity contribution in [3.63, 3.8) is 0 Å². The molecule has 3 aromatic rings. The van der Waals surface area contributed by atoms with Crippen LogP contribution in [0.2, 0.25) is 0 Å². The normalized spacial score (nSPS) is 10.8. The summed E-state index contributed by atoms with van der Waals surface area (Å²) >= 11 is 1.34. The molecular formula is C20H22N4O2S. The zero-order valence-electron chi connectivity index (χ0n) is 15.7. The first-order valence-corrected chi connectivity index (χ1v) is 9.56. The molecule has 0 saturated carbocycles. The average Bonchev–Trinajstić information content (AvgIpc) is 3.26. The molecule has 6 nitrogen and oxygen atoms in total. The third-order valence-corrected chi connectivity index (χ3v) is 5.01. The summed E-state index contributed by atoms with van der Waals surface area (Å²) < 4.78 is 7.30. The summed E-state index contributed by atoms with van der Waals surface area (Å²) in [6, 6.07) is 7.75. The van der Waals surface area contributed by atoms with Gasteiger partial charge >= 0.3 is 0 Å². The third kappa shape index (κ3) is 4.31. The number of aryl methyl sites for hydroxylation is 3. The SMILES string of the molecule is C=CCn1c(SCC(=O)Nc2c(C)cc(C)cc2C)nnc1-c1ccco1. The maximum Gasteiger partial charge on any atom is 0.234 e. The van der Waals surface area contributed by atoms with Crippen LogP contribution in [0.3, 0.4) is 0 Å². The second-order valence-electron chi connectivity index (χ2n) is 6.29. The fourth-order valence-corrected chi connectivity index (χ4v) is 3.71. The fraction of sp³-hybridized carbons (Fsp3) is 0.250. The van der Waals surface area contributed by atoms with Crippen LogP contribution < -0.4 is 5.32 Å². The van der Waals surface area contributed by atoms with Gasteiger partial charge in [-0.3, -0.25) is 9.36 Å². The number of hydrogen-bond acceptors (Lipinski definition) is 5. The number of carbonyl (C=O) groups is 1. The second kappa shape index (κ2) is 8.26. The highest BCUT2D eigenvalue weighted by Crippen LogP contribution is 2.26. The van der Waals surface area contributed by atoms with Gasteiger partial charge in [0.1, 0.15) is 0 Å². The highest BCUT2D eigenvalue weighted by molar-refractivity contribution is 7.99. The lowest BCUT2D eigenvalue weighted by molar-refractivity contribution is -0.113. The standard InChI is InChI=1S/C20H22N4O2S/c1-5-8-24-19(16-7-6-9-26-16)22-23-20(24)27-12-17(25)21-18-14(3)10-13(2)11-15(18)4/h5-7,9-11H,1,8,12H2,2-4H3,(H,21,25). The highest BCUT2D eigenvalue weighted by atomic mass is 32.2. The van der Waals surface area contributed by atoms with E-state index < -0.39 is 0 Å². The van der Waals surface area contributed by atoms with Crippen molar-refractivity contribution in [3.8, 4) is 11.6 Å². The molecule has 3 rings (SSSR count). The van der Waals surface area contributed by atoms with Gasteiger partial charge in [-0.25, -0.2) is 0 Å². The molecular weight excluding hydrogens is 360 g/mol. The number of amides is 1. The molecule has 7 heteroatoms. The Kier molecular flexibility index (Phi) is 5.81. The molecule has 1 N–H and O–H groups in total. The molecule has 27 heavy (non-hydrogen) atoms. The van der Waals surface area contributed by atoms with E-state index in [1.54, 1.807) is 18.4 Å². The van der Waals surface area contributed by atoms with Crippen LogP contribution in [0.4, 0.5) is 5.69 Å². The van der Waals surface area contributed by atoms with Crippen LogP contribution in [0.15, 0.2) is 52.8 Å². The van der Waals surface area contributed by atoms with Gasteiger partial charge in [0.15, 0.2) is 10.9 Å². The molecule has 0 aliphatic rings. The van der Waals surface area contributed by atoms with E-state index in [1.807, 2.05) is 31.4 Å². The summed E-state index contributed by atoms with van der Waals surface area (Å²) in [6.07, 6.45) is 3.35. The lowest BCUT2D eigenvalue weighted by Gasteiger charge is -2.12. The van der Waals surface area contributed by atoms with Crippen LogP contribution >= 0.6 is 11.8 Å². The van der Waals surface area contributed by atoms with Gasteiger partial charge in [0, 0.05) is 12.2 Å². The van der Waals surface area contributed by atoms with Gasteiger partial charge in [-0.2, -0.15) is 0 Å². The fourth-order valence-electron chi connectivity index (χ4n) is 2.96. The van der Waals surface area contributed by atoms with Crippen molar-refractivity contribution in [1.82, 2.24) is 14.8 Å². The Balaban J connectivity index is 1.72.